The fraction of sp³-hybridized carbons (Fsp3) is 0.385. The first kappa shape index (κ1) is 23.8. The third kappa shape index (κ3) is 5.26. The number of hydrogen-bond acceptors (Lipinski definition) is 3. The lowest BCUT2D eigenvalue weighted by atomic mass is 9.92. The molecule has 0 atom stereocenters. The Morgan fingerprint density at radius 2 is 1.36 bits per heavy atom. The van der Waals surface area contributed by atoms with Gasteiger partial charge in [-0.25, -0.2) is 0 Å². The van der Waals surface area contributed by atoms with Gasteiger partial charge in [-0.15, -0.1) is 0 Å². The molecule has 2 heterocycles. The number of rotatable bonds is 4. The van der Waals surface area contributed by atoms with Crippen LogP contribution in [0.15, 0.2) is 54.6 Å². The summed E-state index contributed by atoms with van der Waals surface area (Å²) >= 11 is 12.3. The molecule has 3 aromatic rings. The third-order valence-electron chi connectivity index (χ3n) is 6.21. The highest BCUT2D eigenvalue weighted by atomic mass is 35.5. The molecule has 1 fully saturated rings. The van der Waals surface area contributed by atoms with Gasteiger partial charge in [-0.05, 0) is 41.5 Å². The first-order valence-corrected chi connectivity index (χ1v) is 12.0. The van der Waals surface area contributed by atoms with Crippen LogP contribution in [0.4, 0.5) is 0 Å². The number of halogens is 2. The first-order valence-electron chi connectivity index (χ1n) is 11.2. The molecule has 1 aliphatic heterocycles. The van der Waals surface area contributed by atoms with E-state index in [4.69, 9.17) is 23.2 Å². The molecule has 1 saturated heterocycles. The summed E-state index contributed by atoms with van der Waals surface area (Å²) in [6.07, 6.45) is 0. The summed E-state index contributed by atoms with van der Waals surface area (Å²) in [5.41, 5.74) is 3.81. The highest BCUT2D eigenvalue weighted by molar-refractivity contribution is 6.30. The Bertz CT molecular complexity index is 1060. The van der Waals surface area contributed by atoms with Gasteiger partial charge in [-0.3, -0.25) is 14.4 Å². The van der Waals surface area contributed by atoms with Crippen molar-refractivity contribution in [3.05, 3.63) is 87.2 Å². The van der Waals surface area contributed by atoms with E-state index in [1.807, 2.05) is 42.3 Å². The number of carbonyl (C=O) groups excluding carboxylic acids is 1. The van der Waals surface area contributed by atoms with Gasteiger partial charge in [0.1, 0.15) is 5.69 Å². The van der Waals surface area contributed by atoms with Crippen LogP contribution in [0.25, 0.3) is 0 Å². The summed E-state index contributed by atoms with van der Waals surface area (Å²) in [4.78, 5) is 17.6. The topological polar surface area (TPSA) is 41.4 Å². The van der Waals surface area contributed by atoms with Gasteiger partial charge in [0.15, 0.2) is 0 Å². The van der Waals surface area contributed by atoms with Gasteiger partial charge in [0, 0.05) is 48.7 Å². The van der Waals surface area contributed by atoms with Crippen LogP contribution in [0, 0.1) is 0 Å². The van der Waals surface area contributed by atoms with Crippen LogP contribution in [0.2, 0.25) is 10.0 Å². The minimum Gasteiger partial charge on any atom is -0.335 e. The van der Waals surface area contributed by atoms with E-state index in [9.17, 15) is 4.79 Å². The van der Waals surface area contributed by atoms with E-state index in [1.54, 1.807) is 4.68 Å². The lowest BCUT2D eigenvalue weighted by molar-refractivity contribution is 0.0587. The Balaban J connectivity index is 1.53. The minimum atomic E-state index is -0.0978. The van der Waals surface area contributed by atoms with Crippen molar-refractivity contribution in [3.63, 3.8) is 0 Å². The van der Waals surface area contributed by atoms with Gasteiger partial charge in [0.05, 0.1) is 11.7 Å². The van der Waals surface area contributed by atoms with E-state index in [1.165, 1.54) is 11.1 Å². The van der Waals surface area contributed by atoms with Crippen molar-refractivity contribution in [2.45, 2.75) is 32.2 Å². The number of carbonyl (C=O) groups is 1. The number of piperazine rings is 1. The second kappa shape index (κ2) is 9.49. The van der Waals surface area contributed by atoms with Crippen molar-refractivity contribution in [1.29, 1.82) is 0 Å². The normalized spacial score (nSPS) is 15.3. The molecule has 0 spiro atoms. The Kier molecular flexibility index (Phi) is 6.85. The molecule has 0 saturated carbocycles. The molecule has 0 N–H and O–H groups in total. The zero-order chi connectivity index (χ0) is 23.8. The quantitative estimate of drug-likeness (QED) is 0.485. The maximum atomic E-state index is 13.3. The average molecular weight is 485 g/mol. The summed E-state index contributed by atoms with van der Waals surface area (Å²) in [7, 11) is 1.84. The van der Waals surface area contributed by atoms with E-state index in [2.05, 4.69) is 55.0 Å². The maximum Gasteiger partial charge on any atom is 0.272 e. The van der Waals surface area contributed by atoms with E-state index in [0.717, 1.165) is 28.8 Å². The predicted molar refractivity (Wildman–Crippen MR) is 134 cm³/mol. The molecule has 2 aromatic carbocycles. The highest BCUT2D eigenvalue weighted by Crippen LogP contribution is 2.31. The standard InChI is InChI=1S/C26H30Cl2N4O/c1-26(2,3)23-17-22(30(4)29-23)25(33)32-15-13-31(14-16-32)24(18-5-9-20(27)10-6-18)19-7-11-21(28)12-8-19/h5-12,17,24H,13-16H2,1-4H3. The molecule has 1 aromatic heterocycles. The summed E-state index contributed by atoms with van der Waals surface area (Å²) in [6.45, 7) is 9.18. The fourth-order valence-electron chi connectivity index (χ4n) is 4.28. The summed E-state index contributed by atoms with van der Waals surface area (Å²) in [5, 5.41) is 6.01. The number of hydrogen-bond donors (Lipinski definition) is 0. The van der Waals surface area contributed by atoms with Gasteiger partial charge >= 0.3 is 0 Å². The first-order chi connectivity index (χ1) is 15.6. The second-order valence-electron chi connectivity index (χ2n) is 9.62. The molecule has 0 bridgehead atoms. The molecule has 5 nitrogen and oxygen atoms in total. The van der Waals surface area contributed by atoms with Crippen molar-refractivity contribution in [2.24, 2.45) is 7.05 Å². The maximum absolute atomic E-state index is 13.3. The lowest BCUT2D eigenvalue weighted by Crippen LogP contribution is -2.50. The summed E-state index contributed by atoms with van der Waals surface area (Å²) in [5.74, 6) is 0.0367. The molecule has 4 rings (SSSR count). The molecular weight excluding hydrogens is 455 g/mol. The van der Waals surface area contributed by atoms with Gasteiger partial charge in [-0.2, -0.15) is 5.10 Å². The summed E-state index contributed by atoms with van der Waals surface area (Å²) < 4.78 is 1.71. The molecule has 0 radical (unpaired) electrons. The second-order valence-corrected chi connectivity index (χ2v) is 10.5. The molecule has 1 aliphatic rings. The van der Waals surface area contributed by atoms with Crippen LogP contribution >= 0.6 is 23.2 Å². The zero-order valence-electron chi connectivity index (χ0n) is 19.6. The van der Waals surface area contributed by atoms with Gasteiger partial charge < -0.3 is 4.90 Å². The fourth-order valence-corrected chi connectivity index (χ4v) is 4.54. The van der Waals surface area contributed by atoms with Crippen LogP contribution in [0.3, 0.4) is 0 Å². The van der Waals surface area contributed by atoms with E-state index in [0.29, 0.717) is 18.8 Å². The number of amides is 1. The van der Waals surface area contributed by atoms with Gasteiger partial charge in [-0.1, -0.05) is 68.2 Å². The number of nitrogens with zero attached hydrogens (tertiary/aromatic N) is 4. The van der Waals surface area contributed by atoms with Gasteiger partial charge in [0.2, 0.25) is 0 Å². The largest absolute Gasteiger partial charge is 0.335 e. The average Bonchev–Trinajstić information content (AvgIpc) is 3.19. The Morgan fingerprint density at radius 3 is 1.79 bits per heavy atom. The van der Waals surface area contributed by atoms with Crippen molar-refractivity contribution < 1.29 is 4.79 Å². The molecular formula is C26H30Cl2N4O. The van der Waals surface area contributed by atoms with Crippen LogP contribution < -0.4 is 0 Å². The van der Waals surface area contributed by atoms with E-state index < -0.39 is 0 Å². The van der Waals surface area contributed by atoms with Crippen molar-refractivity contribution in [1.82, 2.24) is 19.6 Å². The Labute approximate surface area is 205 Å². The van der Waals surface area contributed by atoms with E-state index >= 15 is 0 Å². The third-order valence-corrected chi connectivity index (χ3v) is 6.71. The van der Waals surface area contributed by atoms with Crippen LogP contribution in [0.5, 0.6) is 0 Å². The lowest BCUT2D eigenvalue weighted by Gasteiger charge is -2.39. The minimum absolute atomic E-state index is 0.0367. The van der Waals surface area contributed by atoms with Crippen molar-refractivity contribution >= 4 is 29.1 Å². The molecule has 7 heteroatoms. The number of aryl methyl sites for hydroxylation is 1. The Hall–Kier alpha value is -2.34. The number of aromatic nitrogens is 2. The molecule has 33 heavy (non-hydrogen) atoms. The van der Waals surface area contributed by atoms with Crippen molar-refractivity contribution in [3.8, 4) is 0 Å². The number of benzene rings is 2. The molecule has 0 aliphatic carbocycles. The highest BCUT2D eigenvalue weighted by Gasteiger charge is 2.30. The SMILES string of the molecule is Cn1nc(C(C)(C)C)cc1C(=O)N1CCN(C(c2ccc(Cl)cc2)c2ccc(Cl)cc2)CC1. The van der Waals surface area contributed by atoms with Crippen LogP contribution in [0.1, 0.15) is 54.1 Å². The smallest absolute Gasteiger partial charge is 0.272 e. The Morgan fingerprint density at radius 1 is 0.879 bits per heavy atom. The van der Waals surface area contributed by atoms with Crippen LogP contribution in [-0.4, -0.2) is 51.7 Å². The monoisotopic (exact) mass is 484 g/mol. The molecule has 1 amide bonds. The summed E-state index contributed by atoms with van der Waals surface area (Å²) in [6, 6.07) is 18.0. The van der Waals surface area contributed by atoms with Gasteiger partial charge in [0.25, 0.3) is 5.91 Å². The molecule has 174 valence electrons. The van der Waals surface area contributed by atoms with Crippen LogP contribution in [-0.2, 0) is 12.5 Å². The van der Waals surface area contributed by atoms with Crippen molar-refractivity contribution in [2.75, 3.05) is 26.2 Å². The molecule has 0 unspecified atom stereocenters. The predicted octanol–water partition coefficient (Wildman–Crippen LogP) is 5.57. The van der Waals surface area contributed by atoms with E-state index in [-0.39, 0.29) is 17.4 Å². The zero-order valence-corrected chi connectivity index (χ0v) is 21.1.